The van der Waals surface area contributed by atoms with Gasteiger partial charge in [0.1, 0.15) is 0 Å². The van der Waals surface area contributed by atoms with Gasteiger partial charge in [-0.2, -0.15) is 0 Å². The van der Waals surface area contributed by atoms with E-state index in [1.165, 1.54) is 0 Å². The van der Waals surface area contributed by atoms with E-state index in [-0.39, 0.29) is 24.7 Å². The molecule has 1 fully saturated rings. The number of carbonyl (C=O) groups is 2. The Morgan fingerprint density at radius 2 is 2.00 bits per heavy atom. The monoisotopic (exact) mass is 199 g/mol. The van der Waals surface area contributed by atoms with Gasteiger partial charge in [-0.15, -0.1) is 0 Å². The Hall–Kier alpha value is -1.06. The normalized spacial score (nSPS) is 15.0. The highest BCUT2D eigenvalue weighted by atomic mass is 16.5. The molecule has 1 saturated carbocycles. The topological polar surface area (TPSA) is 46.6 Å². The third-order valence-electron chi connectivity index (χ3n) is 2.34. The van der Waals surface area contributed by atoms with Crippen LogP contribution in [-0.4, -0.2) is 36.5 Å². The van der Waals surface area contributed by atoms with E-state index in [1.807, 2.05) is 0 Å². The van der Waals surface area contributed by atoms with Crippen LogP contribution in [0.25, 0.3) is 0 Å². The van der Waals surface area contributed by atoms with Crippen molar-refractivity contribution in [2.24, 2.45) is 0 Å². The van der Waals surface area contributed by atoms with Crippen molar-refractivity contribution < 1.29 is 14.3 Å². The highest BCUT2D eigenvalue weighted by molar-refractivity contribution is 5.81. The maximum atomic E-state index is 11.5. The number of rotatable bonds is 5. The summed E-state index contributed by atoms with van der Waals surface area (Å²) in [5, 5.41) is 0. The molecule has 0 N–H and O–H groups in total. The van der Waals surface area contributed by atoms with Crippen LogP contribution in [0.4, 0.5) is 0 Å². The van der Waals surface area contributed by atoms with Crippen LogP contribution in [-0.2, 0) is 14.3 Å². The number of hydrogen-bond donors (Lipinski definition) is 0. The fraction of sp³-hybridized carbons (Fsp3) is 0.800. The molecule has 0 heterocycles. The number of hydrogen-bond acceptors (Lipinski definition) is 3. The number of amides is 1. The largest absolute Gasteiger partial charge is 0.466 e. The second-order valence-electron chi connectivity index (χ2n) is 3.54. The Morgan fingerprint density at radius 1 is 1.36 bits per heavy atom. The van der Waals surface area contributed by atoms with Crippen molar-refractivity contribution in [3.8, 4) is 0 Å². The van der Waals surface area contributed by atoms with E-state index in [0.717, 1.165) is 12.8 Å². The molecule has 0 aromatic rings. The van der Waals surface area contributed by atoms with Crippen LogP contribution in [0, 0.1) is 0 Å². The molecule has 0 aromatic heterocycles. The van der Waals surface area contributed by atoms with Gasteiger partial charge in [-0.1, -0.05) is 0 Å². The van der Waals surface area contributed by atoms with Gasteiger partial charge in [-0.05, 0) is 19.8 Å². The van der Waals surface area contributed by atoms with Gasteiger partial charge in [0.05, 0.1) is 13.0 Å². The molecule has 0 unspecified atom stereocenters. The van der Waals surface area contributed by atoms with Crippen LogP contribution in [0.1, 0.15) is 32.6 Å². The van der Waals surface area contributed by atoms with Crippen LogP contribution in [0.3, 0.4) is 0 Å². The molecule has 1 rings (SSSR count). The Kier molecular flexibility index (Phi) is 3.92. The Balaban J connectivity index is 2.16. The maximum Gasteiger partial charge on any atom is 0.306 e. The lowest BCUT2D eigenvalue weighted by atomic mass is 10.3. The third-order valence-corrected chi connectivity index (χ3v) is 2.34. The second kappa shape index (κ2) is 4.98. The predicted octanol–water partition coefficient (Wildman–Crippen LogP) is 0.950. The van der Waals surface area contributed by atoms with Crippen molar-refractivity contribution in [1.29, 1.82) is 0 Å². The average Bonchev–Trinajstić information content (AvgIpc) is 2.96. The van der Waals surface area contributed by atoms with E-state index >= 15 is 0 Å². The van der Waals surface area contributed by atoms with Crippen molar-refractivity contribution in [2.45, 2.75) is 38.6 Å². The first kappa shape index (κ1) is 11.0. The van der Waals surface area contributed by atoms with Crippen molar-refractivity contribution in [1.82, 2.24) is 4.90 Å². The Bertz CT molecular complexity index is 223. The minimum Gasteiger partial charge on any atom is -0.466 e. The van der Waals surface area contributed by atoms with Gasteiger partial charge < -0.3 is 9.64 Å². The summed E-state index contributed by atoms with van der Waals surface area (Å²) in [6.45, 7) is 2.14. The number of ether oxygens (including phenoxy) is 1. The van der Waals surface area contributed by atoms with Crippen LogP contribution in [0.5, 0.6) is 0 Å². The van der Waals surface area contributed by atoms with Gasteiger partial charge >= 0.3 is 5.97 Å². The van der Waals surface area contributed by atoms with E-state index < -0.39 is 0 Å². The second-order valence-corrected chi connectivity index (χ2v) is 3.54. The minimum atomic E-state index is -0.287. The first-order valence-electron chi connectivity index (χ1n) is 5.06. The summed E-state index contributed by atoms with van der Waals surface area (Å²) in [7, 11) is 1.80. The highest BCUT2D eigenvalue weighted by Gasteiger charge is 2.29. The van der Waals surface area contributed by atoms with Crippen molar-refractivity contribution >= 4 is 11.9 Å². The smallest absolute Gasteiger partial charge is 0.306 e. The van der Waals surface area contributed by atoms with Crippen molar-refractivity contribution in [3.63, 3.8) is 0 Å². The molecule has 0 spiro atoms. The lowest BCUT2D eigenvalue weighted by Crippen LogP contribution is -2.29. The van der Waals surface area contributed by atoms with Gasteiger partial charge in [0, 0.05) is 19.5 Å². The molecular formula is C10H17NO3. The van der Waals surface area contributed by atoms with Gasteiger partial charge in [0.2, 0.25) is 5.91 Å². The van der Waals surface area contributed by atoms with E-state index in [2.05, 4.69) is 0 Å². The van der Waals surface area contributed by atoms with E-state index in [0.29, 0.717) is 12.6 Å². The zero-order chi connectivity index (χ0) is 10.6. The Labute approximate surface area is 84.2 Å². The van der Waals surface area contributed by atoms with Gasteiger partial charge in [0.15, 0.2) is 0 Å². The van der Waals surface area contributed by atoms with E-state index in [9.17, 15) is 9.59 Å². The molecule has 4 nitrogen and oxygen atoms in total. The summed E-state index contributed by atoms with van der Waals surface area (Å²) < 4.78 is 4.74. The van der Waals surface area contributed by atoms with Gasteiger partial charge in [-0.25, -0.2) is 0 Å². The molecule has 1 aliphatic rings. The summed E-state index contributed by atoms with van der Waals surface area (Å²) in [5.74, 6) is -0.245. The first-order chi connectivity index (χ1) is 6.65. The molecule has 0 radical (unpaired) electrons. The summed E-state index contributed by atoms with van der Waals surface area (Å²) >= 11 is 0. The van der Waals surface area contributed by atoms with Crippen LogP contribution in [0.2, 0.25) is 0 Å². The maximum absolute atomic E-state index is 11.5. The third kappa shape index (κ3) is 3.36. The van der Waals surface area contributed by atoms with Crippen LogP contribution in [0.15, 0.2) is 0 Å². The van der Waals surface area contributed by atoms with E-state index in [1.54, 1.807) is 18.9 Å². The fourth-order valence-electron chi connectivity index (χ4n) is 1.28. The molecule has 1 amide bonds. The van der Waals surface area contributed by atoms with Crippen LogP contribution >= 0.6 is 0 Å². The van der Waals surface area contributed by atoms with Crippen molar-refractivity contribution in [3.05, 3.63) is 0 Å². The molecule has 0 saturated heterocycles. The highest BCUT2D eigenvalue weighted by Crippen LogP contribution is 2.25. The van der Waals surface area contributed by atoms with E-state index in [4.69, 9.17) is 4.74 Å². The standard InChI is InChI=1S/C10H17NO3/c1-3-14-10(13)7-6-9(12)11(2)8-4-5-8/h8H,3-7H2,1-2H3. The Morgan fingerprint density at radius 3 is 2.50 bits per heavy atom. The summed E-state index contributed by atoms with van der Waals surface area (Å²) in [4.78, 5) is 24.1. The quantitative estimate of drug-likeness (QED) is 0.619. The number of esters is 1. The molecule has 0 aromatic carbocycles. The first-order valence-corrected chi connectivity index (χ1v) is 5.06. The summed E-state index contributed by atoms with van der Waals surface area (Å²) in [5.41, 5.74) is 0. The molecule has 14 heavy (non-hydrogen) atoms. The lowest BCUT2D eigenvalue weighted by molar-refractivity contribution is -0.145. The molecule has 0 atom stereocenters. The van der Waals surface area contributed by atoms with Gasteiger partial charge in [-0.3, -0.25) is 9.59 Å². The number of nitrogens with zero attached hydrogens (tertiary/aromatic N) is 1. The number of carbonyl (C=O) groups excluding carboxylic acids is 2. The summed E-state index contributed by atoms with van der Waals surface area (Å²) in [6, 6.07) is 0.421. The molecular weight excluding hydrogens is 182 g/mol. The molecule has 1 aliphatic carbocycles. The van der Waals surface area contributed by atoms with Crippen molar-refractivity contribution in [2.75, 3.05) is 13.7 Å². The SMILES string of the molecule is CCOC(=O)CCC(=O)N(C)C1CC1. The lowest BCUT2D eigenvalue weighted by Gasteiger charge is -2.15. The summed E-state index contributed by atoms with van der Waals surface area (Å²) in [6.07, 6.45) is 2.67. The predicted molar refractivity (Wildman–Crippen MR) is 51.7 cm³/mol. The van der Waals surface area contributed by atoms with Crippen LogP contribution < -0.4 is 0 Å². The minimum absolute atomic E-state index is 0.0422. The zero-order valence-electron chi connectivity index (χ0n) is 8.78. The molecule has 0 aliphatic heterocycles. The fourth-order valence-corrected chi connectivity index (χ4v) is 1.28. The average molecular weight is 199 g/mol. The molecule has 80 valence electrons. The van der Waals surface area contributed by atoms with Gasteiger partial charge in [0.25, 0.3) is 0 Å². The molecule has 4 heteroatoms. The molecule has 0 bridgehead atoms. The zero-order valence-corrected chi connectivity index (χ0v) is 8.78.